The quantitative estimate of drug-likeness (QED) is 0.633. The average molecular weight is 167 g/mol. The molecule has 0 radical (unpaired) electrons. The number of rotatable bonds is 3. The summed E-state index contributed by atoms with van der Waals surface area (Å²) in [5.74, 6) is 3.50. The highest BCUT2D eigenvalue weighted by molar-refractivity contribution is 5.45. The summed E-state index contributed by atoms with van der Waals surface area (Å²) in [6.45, 7) is 3.26. The zero-order valence-corrected chi connectivity index (χ0v) is 7.62. The number of hydrogen-bond acceptors (Lipinski definition) is 1. The normalized spacial score (nSPS) is 44.8. The molecular formula is C10H17NO. The summed E-state index contributed by atoms with van der Waals surface area (Å²) in [5.41, 5.74) is 0. The first-order chi connectivity index (χ1) is 5.83. The second-order valence-electron chi connectivity index (χ2n) is 4.38. The molecule has 2 rings (SSSR count). The Kier molecular flexibility index (Phi) is 2.07. The van der Waals surface area contributed by atoms with E-state index in [0.29, 0.717) is 0 Å². The van der Waals surface area contributed by atoms with Crippen molar-refractivity contribution < 1.29 is 4.79 Å². The molecule has 2 saturated carbocycles. The smallest absolute Gasteiger partial charge is 0.207 e. The summed E-state index contributed by atoms with van der Waals surface area (Å²) in [5, 5.41) is 2.82. The molecule has 0 spiro atoms. The van der Waals surface area contributed by atoms with Crippen LogP contribution in [0, 0.1) is 23.7 Å². The van der Waals surface area contributed by atoms with Crippen LogP contribution in [0.25, 0.3) is 0 Å². The second-order valence-corrected chi connectivity index (χ2v) is 4.38. The molecule has 2 aliphatic rings. The third-order valence-corrected chi connectivity index (χ3v) is 3.98. The second kappa shape index (κ2) is 3.08. The molecule has 4 atom stereocenters. The van der Waals surface area contributed by atoms with Crippen molar-refractivity contribution in [2.45, 2.75) is 26.2 Å². The Hall–Kier alpha value is -0.530. The van der Waals surface area contributed by atoms with E-state index >= 15 is 0 Å². The largest absolute Gasteiger partial charge is 0.358 e. The molecule has 1 N–H and O–H groups in total. The van der Waals surface area contributed by atoms with Crippen molar-refractivity contribution in [3.63, 3.8) is 0 Å². The van der Waals surface area contributed by atoms with Gasteiger partial charge in [0.1, 0.15) is 0 Å². The van der Waals surface area contributed by atoms with Crippen molar-refractivity contribution in [2.24, 2.45) is 23.7 Å². The van der Waals surface area contributed by atoms with Gasteiger partial charge in [0.2, 0.25) is 6.41 Å². The molecule has 0 aromatic carbocycles. The van der Waals surface area contributed by atoms with Gasteiger partial charge in [-0.25, -0.2) is 0 Å². The molecule has 2 aliphatic carbocycles. The number of nitrogens with one attached hydrogen (secondary N) is 1. The standard InChI is InChI=1S/C10H17NO/c1-7-8-2-3-9(4-8)10(7)5-11-6-12/h6-10H,2-5H2,1H3,(H,11,12). The van der Waals surface area contributed by atoms with Gasteiger partial charge in [-0.1, -0.05) is 6.92 Å². The first-order valence-electron chi connectivity index (χ1n) is 5.00. The summed E-state index contributed by atoms with van der Waals surface area (Å²) < 4.78 is 0. The highest BCUT2D eigenvalue weighted by atomic mass is 16.1. The van der Waals surface area contributed by atoms with Crippen LogP contribution in [0.1, 0.15) is 26.2 Å². The van der Waals surface area contributed by atoms with Crippen LogP contribution in [-0.2, 0) is 4.79 Å². The van der Waals surface area contributed by atoms with Gasteiger partial charge in [0.15, 0.2) is 0 Å². The molecule has 2 heteroatoms. The Bertz CT molecular complexity index is 179. The van der Waals surface area contributed by atoms with E-state index in [1.54, 1.807) is 0 Å². The van der Waals surface area contributed by atoms with Gasteiger partial charge in [-0.15, -0.1) is 0 Å². The van der Waals surface area contributed by atoms with Crippen LogP contribution in [0.4, 0.5) is 0 Å². The van der Waals surface area contributed by atoms with Crippen LogP contribution in [0.15, 0.2) is 0 Å². The fraction of sp³-hybridized carbons (Fsp3) is 0.900. The van der Waals surface area contributed by atoms with Crippen LogP contribution in [0.3, 0.4) is 0 Å². The van der Waals surface area contributed by atoms with E-state index in [2.05, 4.69) is 12.2 Å². The highest BCUT2D eigenvalue weighted by Crippen LogP contribution is 2.51. The van der Waals surface area contributed by atoms with Crippen LogP contribution in [-0.4, -0.2) is 13.0 Å². The Morgan fingerprint density at radius 2 is 2.17 bits per heavy atom. The van der Waals surface area contributed by atoms with Crippen molar-refractivity contribution in [1.29, 1.82) is 0 Å². The molecule has 0 aliphatic heterocycles. The van der Waals surface area contributed by atoms with Crippen LogP contribution in [0.5, 0.6) is 0 Å². The molecule has 0 heterocycles. The molecule has 0 aromatic rings. The van der Waals surface area contributed by atoms with E-state index in [0.717, 1.165) is 36.6 Å². The van der Waals surface area contributed by atoms with Gasteiger partial charge in [0, 0.05) is 6.54 Å². The van der Waals surface area contributed by atoms with Crippen LogP contribution < -0.4 is 5.32 Å². The Morgan fingerprint density at radius 3 is 2.75 bits per heavy atom. The lowest BCUT2D eigenvalue weighted by Crippen LogP contribution is -2.30. The van der Waals surface area contributed by atoms with Crippen molar-refractivity contribution >= 4 is 6.41 Å². The van der Waals surface area contributed by atoms with E-state index < -0.39 is 0 Å². The van der Waals surface area contributed by atoms with Crippen molar-refractivity contribution in [2.75, 3.05) is 6.54 Å². The first-order valence-corrected chi connectivity index (χ1v) is 5.00. The van der Waals surface area contributed by atoms with Crippen molar-refractivity contribution in [3.8, 4) is 0 Å². The van der Waals surface area contributed by atoms with Gasteiger partial charge in [-0.05, 0) is 42.9 Å². The topological polar surface area (TPSA) is 29.1 Å². The summed E-state index contributed by atoms with van der Waals surface area (Å²) in [7, 11) is 0. The van der Waals surface area contributed by atoms with Gasteiger partial charge in [-0.3, -0.25) is 4.79 Å². The van der Waals surface area contributed by atoms with Crippen LogP contribution in [0.2, 0.25) is 0 Å². The maximum absolute atomic E-state index is 10.2. The number of carbonyl (C=O) groups is 1. The van der Waals surface area contributed by atoms with E-state index in [4.69, 9.17) is 0 Å². The molecular weight excluding hydrogens is 150 g/mol. The predicted octanol–water partition coefficient (Wildman–Crippen LogP) is 1.41. The zero-order chi connectivity index (χ0) is 8.55. The van der Waals surface area contributed by atoms with Crippen molar-refractivity contribution in [1.82, 2.24) is 5.32 Å². The minimum atomic E-state index is 0.772. The predicted molar refractivity (Wildman–Crippen MR) is 47.6 cm³/mol. The van der Waals surface area contributed by atoms with Crippen molar-refractivity contribution in [3.05, 3.63) is 0 Å². The fourth-order valence-corrected chi connectivity index (χ4v) is 3.23. The molecule has 0 saturated heterocycles. The van der Waals surface area contributed by atoms with Gasteiger partial charge < -0.3 is 5.32 Å². The summed E-state index contributed by atoms with van der Waals surface area (Å²) in [6.07, 6.45) is 5.09. The molecule has 2 bridgehead atoms. The van der Waals surface area contributed by atoms with Gasteiger partial charge in [0.05, 0.1) is 0 Å². The fourth-order valence-electron chi connectivity index (χ4n) is 3.23. The number of amides is 1. The Labute approximate surface area is 73.7 Å². The monoisotopic (exact) mass is 167 g/mol. The van der Waals surface area contributed by atoms with E-state index in [-0.39, 0.29) is 0 Å². The Balaban J connectivity index is 1.93. The number of fused-ring (bicyclic) bond motifs is 2. The molecule has 2 nitrogen and oxygen atoms in total. The molecule has 1 amide bonds. The summed E-state index contributed by atoms with van der Waals surface area (Å²) in [4.78, 5) is 10.2. The van der Waals surface area contributed by atoms with Gasteiger partial charge >= 0.3 is 0 Å². The van der Waals surface area contributed by atoms with E-state index in [1.807, 2.05) is 0 Å². The summed E-state index contributed by atoms with van der Waals surface area (Å²) >= 11 is 0. The van der Waals surface area contributed by atoms with E-state index in [1.165, 1.54) is 19.3 Å². The maximum Gasteiger partial charge on any atom is 0.207 e. The molecule has 68 valence electrons. The molecule has 12 heavy (non-hydrogen) atoms. The zero-order valence-electron chi connectivity index (χ0n) is 7.62. The number of hydrogen-bond donors (Lipinski definition) is 1. The van der Waals surface area contributed by atoms with E-state index in [9.17, 15) is 4.79 Å². The van der Waals surface area contributed by atoms with Gasteiger partial charge in [-0.2, -0.15) is 0 Å². The highest BCUT2D eigenvalue weighted by Gasteiger charge is 2.44. The molecule has 0 aromatic heterocycles. The molecule has 2 fully saturated rings. The number of carbonyl (C=O) groups excluding carboxylic acids is 1. The lowest BCUT2D eigenvalue weighted by atomic mass is 9.80. The minimum Gasteiger partial charge on any atom is -0.358 e. The maximum atomic E-state index is 10.2. The third-order valence-electron chi connectivity index (χ3n) is 3.98. The first kappa shape index (κ1) is 8.09. The minimum absolute atomic E-state index is 0.772. The molecule has 4 unspecified atom stereocenters. The average Bonchev–Trinajstić information content (AvgIpc) is 2.62. The third kappa shape index (κ3) is 1.13. The SMILES string of the molecule is CC1C2CCC(C2)C1CNC=O. The summed E-state index contributed by atoms with van der Waals surface area (Å²) in [6, 6.07) is 0. The van der Waals surface area contributed by atoms with Gasteiger partial charge in [0.25, 0.3) is 0 Å². The lowest BCUT2D eigenvalue weighted by molar-refractivity contribution is -0.109. The Morgan fingerprint density at radius 1 is 1.42 bits per heavy atom. The lowest BCUT2D eigenvalue weighted by Gasteiger charge is -2.27. The van der Waals surface area contributed by atoms with Crippen LogP contribution >= 0.6 is 0 Å².